The number of hydrogen-bond donors (Lipinski definition) is 4. The average Bonchev–Trinajstić information content (AvgIpc) is 2.01. The van der Waals surface area contributed by atoms with Gasteiger partial charge in [-0.25, -0.2) is 0 Å². The van der Waals surface area contributed by atoms with Crippen LogP contribution in [0.1, 0.15) is 20.3 Å². The summed E-state index contributed by atoms with van der Waals surface area (Å²) >= 11 is 0. The van der Waals surface area contributed by atoms with Crippen LogP contribution in [-0.2, 0) is 0 Å². The molecule has 0 saturated heterocycles. The van der Waals surface area contributed by atoms with Crippen molar-refractivity contribution >= 4 is 0 Å². The number of aliphatic hydroxyl groups excluding tert-OH is 2. The Labute approximate surface area is 67.2 Å². The summed E-state index contributed by atoms with van der Waals surface area (Å²) < 4.78 is 0. The molecule has 0 aromatic carbocycles. The quantitative estimate of drug-likeness (QED) is 0.417. The van der Waals surface area contributed by atoms with Gasteiger partial charge in [0.25, 0.3) is 0 Å². The van der Waals surface area contributed by atoms with Gasteiger partial charge in [0.2, 0.25) is 0 Å². The minimum absolute atomic E-state index is 0.158. The first-order valence-corrected chi connectivity index (χ1v) is 3.80. The van der Waals surface area contributed by atoms with E-state index in [-0.39, 0.29) is 6.54 Å². The van der Waals surface area contributed by atoms with Gasteiger partial charge in [-0.2, -0.15) is 0 Å². The molecule has 0 amide bonds. The van der Waals surface area contributed by atoms with Gasteiger partial charge in [0, 0.05) is 6.54 Å². The number of nitrogens with two attached hydrogens (primary N) is 2. The lowest BCUT2D eigenvalue weighted by Crippen LogP contribution is -2.58. The van der Waals surface area contributed by atoms with Crippen LogP contribution in [0.4, 0.5) is 0 Å². The van der Waals surface area contributed by atoms with Gasteiger partial charge in [0.15, 0.2) is 0 Å². The normalized spacial score (nSPS) is 22.4. The molecule has 0 aromatic heterocycles. The summed E-state index contributed by atoms with van der Waals surface area (Å²) in [5, 5.41) is 18.6. The minimum atomic E-state index is -0.947. The maximum atomic E-state index is 9.39. The molecule has 0 aliphatic carbocycles. The van der Waals surface area contributed by atoms with E-state index in [0.717, 1.165) is 0 Å². The number of hydrogen-bond acceptors (Lipinski definition) is 4. The van der Waals surface area contributed by atoms with Crippen LogP contribution in [0.5, 0.6) is 0 Å². The van der Waals surface area contributed by atoms with Crippen LogP contribution >= 0.6 is 0 Å². The zero-order valence-electron chi connectivity index (χ0n) is 7.12. The van der Waals surface area contributed by atoms with Gasteiger partial charge in [-0.15, -0.1) is 0 Å². The molecule has 0 heterocycles. The standard InChI is InChI=1S/C7H18N2O2/c1-3-5(10)6(11)7(2,9)4-8/h5-6,10-11H,3-4,8-9H2,1-2H3. The van der Waals surface area contributed by atoms with E-state index in [4.69, 9.17) is 11.5 Å². The zero-order chi connectivity index (χ0) is 9.07. The SMILES string of the molecule is CCC(O)C(O)C(C)(N)CN. The van der Waals surface area contributed by atoms with Crippen LogP contribution in [0.3, 0.4) is 0 Å². The van der Waals surface area contributed by atoms with E-state index in [1.54, 1.807) is 13.8 Å². The topological polar surface area (TPSA) is 92.5 Å². The Kier molecular flexibility index (Phi) is 3.96. The van der Waals surface area contributed by atoms with Crippen LogP contribution in [0.15, 0.2) is 0 Å². The highest BCUT2D eigenvalue weighted by atomic mass is 16.3. The zero-order valence-corrected chi connectivity index (χ0v) is 7.12. The highest BCUT2D eigenvalue weighted by Crippen LogP contribution is 2.10. The van der Waals surface area contributed by atoms with E-state index in [9.17, 15) is 10.2 Å². The second-order valence-electron chi connectivity index (χ2n) is 3.13. The highest BCUT2D eigenvalue weighted by molar-refractivity contribution is 4.91. The second kappa shape index (κ2) is 4.01. The molecule has 0 radical (unpaired) electrons. The lowest BCUT2D eigenvalue weighted by molar-refractivity contribution is -0.0227. The minimum Gasteiger partial charge on any atom is -0.390 e. The van der Waals surface area contributed by atoms with Crippen molar-refractivity contribution in [1.82, 2.24) is 0 Å². The van der Waals surface area contributed by atoms with Crippen LogP contribution in [-0.4, -0.2) is 34.5 Å². The Hall–Kier alpha value is -0.160. The van der Waals surface area contributed by atoms with Gasteiger partial charge in [0.1, 0.15) is 0 Å². The first kappa shape index (κ1) is 10.8. The summed E-state index contributed by atoms with van der Waals surface area (Å²) in [5.41, 5.74) is 10.0. The molecule has 0 aromatic rings. The van der Waals surface area contributed by atoms with E-state index in [1.165, 1.54) is 0 Å². The van der Waals surface area contributed by atoms with Gasteiger partial charge in [0.05, 0.1) is 17.7 Å². The van der Waals surface area contributed by atoms with Crippen molar-refractivity contribution in [3.63, 3.8) is 0 Å². The largest absolute Gasteiger partial charge is 0.390 e. The van der Waals surface area contributed by atoms with Crippen molar-refractivity contribution in [1.29, 1.82) is 0 Å². The summed E-state index contributed by atoms with van der Waals surface area (Å²) in [6.45, 7) is 3.56. The van der Waals surface area contributed by atoms with E-state index in [0.29, 0.717) is 6.42 Å². The molecule has 0 bridgehead atoms. The van der Waals surface area contributed by atoms with Gasteiger partial charge in [-0.05, 0) is 13.3 Å². The summed E-state index contributed by atoms with van der Waals surface area (Å²) in [5.74, 6) is 0. The van der Waals surface area contributed by atoms with Crippen molar-refractivity contribution < 1.29 is 10.2 Å². The maximum absolute atomic E-state index is 9.39. The molecule has 0 rings (SSSR count). The van der Waals surface area contributed by atoms with Crippen LogP contribution < -0.4 is 11.5 Å². The van der Waals surface area contributed by atoms with Crippen molar-refractivity contribution in [3.05, 3.63) is 0 Å². The first-order chi connectivity index (χ1) is 4.95. The summed E-state index contributed by atoms with van der Waals surface area (Å²) in [6, 6.07) is 0. The molecule has 0 saturated carbocycles. The van der Waals surface area contributed by atoms with Crippen LogP contribution in [0, 0.1) is 0 Å². The van der Waals surface area contributed by atoms with Crippen LogP contribution in [0.2, 0.25) is 0 Å². The molecule has 6 N–H and O–H groups in total. The van der Waals surface area contributed by atoms with Gasteiger partial charge in [-0.1, -0.05) is 6.92 Å². The first-order valence-electron chi connectivity index (χ1n) is 3.80. The van der Waals surface area contributed by atoms with E-state index < -0.39 is 17.7 Å². The van der Waals surface area contributed by atoms with E-state index in [2.05, 4.69) is 0 Å². The predicted octanol–water partition coefficient (Wildman–Crippen LogP) is -1.21. The predicted molar refractivity (Wildman–Crippen MR) is 44.0 cm³/mol. The fourth-order valence-corrected chi connectivity index (χ4v) is 0.784. The lowest BCUT2D eigenvalue weighted by atomic mass is 9.91. The Morgan fingerprint density at radius 3 is 2.18 bits per heavy atom. The van der Waals surface area contributed by atoms with Crippen molar-refractivity contribution in [3.8, 4) is 0 Å². The molecule has 11 heavy (non-hydrogen) atoms. The van der Waals surface area contributed by atoms with Gasteiger partial charge >= 0.3 is 0 Å². The lowest BCUT2D eigenvalue weighted by Gasteiger charge is -2.31. The Bertz CT molecular complexity index is 117. The average molecular weight is 162 g/mol. The molecule has 0 spiro atoms. The summed E-state index contributed by atoms with van der Waals surface area (Å²) in [4.78, 5) is 0. The maximum Gasteiger partial charge on any atom is 0.0987 e. The smallest absolute Gasteiger partial charge is 0.0987 e. The van der Waals surface area contributed by atoms with Crippen molar-refractivity contribution in [2.45, 2.75) is 38.0 Å². The van der Waals surface area contributed by atoms with Crippen molar-refractivity contribution in [2.24, 2.45) is 11.5 Å². The second-order valence-corrected chi connectivity index (χ2v) is 3.13. The molecular weight excluding hydrogens is 144 g/mol. The Morgan fingerprint density at radius 1 is 1.45 bits per heavy atom. The third-order valence-corrected chi connectivity index (χ3v) is 1.90. The molecule has 0 aliphatic rings. The third kappa shape index (κ3) is 2.75. The van der Waals surface area contributed by atoms with E-state index in [1.807, 2.05) is 0 Å². The molecule has 68 valence electrons. The summed E-state index contributed by atoms with van der Waals surface area (Å²) in [7, 11) is 0. The molecule has 3 atom stereocenters. The molecule has 4 heteroatoms. The summed E-state index contributed by atoms with van der Waals surface area (Å²) in [6.07, 6.45) is -1.25. The fraction of sp³-hybridized carbons (Fsp3) is 1.00. The monoisotopic (exact) mass is 162 g/mol. The Morgan fingerprint density at radius 2 is 1.91 bits per heavy atom. The third-order valence-electron chi connectivity index (χ3n) is 1.90. The fourth-order valence-electron chi connectivity index (χ4n) is 0.784. The highest BCUT2D eigenvalue weighted by Gasteiger charge is 2.31. The number of aliphatic hydroxyl groups is 2. The molecule has 0 fully saturated rings. The van der Waals surface area contributed by atoms with Crippen molar-refractivity contribution in [2.75, 3.05) is 6.54 Å². The van der Waals surface area contributed by atoms with Gasteiger partial charge < -0.3 is 21.7 Å². The molecular formula is C7H18N2O2. The van der Waals surface area contributed by atoms with Crippen LogP contribution in [0.25, 0.3) is 0 Å². The molecule has 0 aliphatic heterocycles. The molecule has 3 unspecified atom stereocenters. The Balaban J connectivity index is 4.10. The molecule has 4 nitrogen and oxygen atoms in total. The van der Waals surface area contributed by atoms with Gasteiger partial charge in [-0.3, -0.25) is 0 Å². The number of rotatable bonds is 4. The van der Waals surface area contributed by atoms with E-state index >= 15 is 0 Å².